The predicted octanol–water partition coefficient (Wildman–Crippen LogP) is 3.07. The number of aryl methyl sites for hydroxylation is 2. The Balaban J connectivity index is 2.54. The number of nitrogens with two attached hydrogens (primary N) is 1. The van der Waals surface area contributed by atoms with Gasteiger partial charge in [0.15, 0.2) is 0 Å². The minimum atomic E-state index is -0.247. The van der Waals surface area contributed by atoms with Crippen LogP contribution in [-0.4, -0.2) is 9.55 Å². The van der Waals surface area contributed by atoms with Gasteiger partial charge in [-0.25, -0.2) is 9.37 Å². The molecule has 3 nitrogen and oxygen atoms in total. The number of hydrogen-bond donors (Lipinski definition) is 1. The molecule has 1 aromatic heterocycles. The highest BCUT2D eigenvalue weighted by atomic mass is 19.1. The van der Waals surface area contributed by atoms with Crippen molar-refractivity contribution < 1.29 is 4.39 Å². The lowest BCUT2D eigenvalue weighted by atomic mass is 10.1. The maximum absolute atomic E-state index is 13.6. The molecule has 0 atom stereocenters. The third-order valence-corrected chi connectivity index (χ3v) is 2.95. The third kappa shape index (κ3) is 2.01. The summed E-state index contributed by atoms with van der Waals surface area (Å²) in [6.07, 6.45) is 1.75. The Labute approximate surface area is 106 Å². The minimum absolute atomic E-state index is 0.247. The van der Waals surface area contributed by atoms with E-state index < -0.39 is 0 Å². The standard InChI is InChI=1S/C14H16FN3/c1-4-7-18-10(3)17-13(14(18)16)11-6-5-9(2)12(15)8-11/h4-6,8H,1,7,16H2,2-3H3. The van der Waals surface area contributed by atoms with E-state index in [9.17, 15) is 4.39 Å². The summed E-state index contributed by atoms with van der Waals surface area (Å²) in [6.45, 7) is 7.87. The number of halogens is 1. The van der Waals surface area contributed by atoms with Crippen LogP contribution in [0.4, 0.5) is 10.2 Å². The molecule has 18 heavy (non-hydrogen) atoms. The Morgan fingerprint density at radius 2 is 2.17 bits per heavy atom. The Morgan fingerprint density at radius 3 is 2.78 bits per heavy atom. The van der Waals surface area contributed by atoms with Crippen LogP contribution in [0.25, 0.3) is 11.3 Å². The van der Waals surface area contributed by atoms with Gasteiger partial charge < -0.3 is 10.3 Å². The molecule has 0 radical (unpaired) electrons. The molecular weight excluding hydrogens is 229 g/mol. The zero-order chi connectivity index (χ0) is 13.3. The Hall–Kier alpha value is -2.10. The molecule has 0 saturated heterocycles. The van der Waals surface area contributed by atoms with Gasteiger partial charge in [0.05, 0.1) is 0 Å². The van der Waals surface area contributed by atoms with E-state index in [-0.39, 0.29) is 5.82 Å². The largest absolute Gasteiger partial charge is 0.383 e. The molecule has 1 heterocycles. The first-order chi connectivity index (χ1) is 8.54. The maximum atomic E-state index is 13.6. The van der Waals surface area contributed by atoms with Gasteiger partial charge in [-0.15, -0.1) is 6.58 Å². The summed E-state index contributed by atoms with van der Waals surface area (Å²) in [6, 6.07) is 5.02. The van der Waals surface area contributed by atoms with E-state index in [4.69, 9.17) is 5.73 Å². The van der Waals surface area contributed by atoms with Crippen LogP contribution in [-0.2, 0) is 6.54 Å². The number of nitrogens with zero attached hydrogens (tertiary/aromatic N) is 2. The first-order valence-corrected chi connectivity index (χ1v) is 5.74. The molecule has 2 N–H and O–H groups in total. The van der Waals surface area contributed by atoms with Crippen molar-refractivity contribution in [2.45, 2.75) is 20.4 Å². The monoisotopic (exact) mass is 245 g/mol. The molecule has 0 fully saturated rings. The molecule has 4 heteroatoms. The number of nitrogen functional groups attached to an aromatic ring is 1. The van der Waals surface area contributed by atoms with Crippen molar-refractivity contribution in [3.63, 3.8) is 0 Å². The molecule has 0 aliphatic rings. The summed E-state index contributed by atoms with van der Waals surface area (Å²) in [5.74, 6) is 1.09. The number of anilines is 1. The minimum Gasteiger partial charge on any atom is -0.383 e. The van der Waals surface area contributed by atoms with Crippen LogP contribution in [0.15, 0.2) is 30.9 Å². The van der Waals surface area contributed by atoms with Crippen LogP contribution in [0.2, 0.25) is 0 Å². The summed E-state index contributed by atoms with van der Waals surface area (Å²) in [7, 11) is 0. The molecule has 1 aromatic carbocycles. The molecular formula is C14H16FN3. The highest BCUT2D eigenvalue weighted by Gasteiger charge is 2.13. The molecule has 2 aromatic rings. The van der Waals surface area contributed by atoms with Crippen molar-refractivity contribution in [2.75, 3.05) is 5.73 Å². The van der Waals surface area contributed by atoms with Gasteiger partial charge in [0, 0.05) is 12.1 Å². The fourth-order valence-corrected chi connectivity index (χ4v) is 1.89. The van der Waals surface area contributed by atoms with Crippen molar-refractivity contribution in [3.8, 4) is 11.3 Å². The molecule has 0 unspecified atom stereocenters. The van der Waals surface area contributed by atoms with E-state index in [2.05, 4.69) is 11.6 Å². The highest BCUT2D eigenvalue weighted by Crippen LogP contribution is 2.27. The summed E-state index contributed by atoms with van der Waals surface area (Å²) >= 11 is 0. The zero-order valence-corrected chi connectivity index (χ0v) is 10.6. The summed E-state index contributed by atoms with van der Waals surface area (Å²) in [5.41, 5.74) is 7.97. The van der Waals surface area contributed by atoms with E-state index in [0.717, 1.165) is 5.82 Å². The Bertz CT molecular complexity index is 599. The van der Waals surface area contributed by atoms with E-state index in [0.29, 0.717) is 29.2 Å². The topological polar surface area (TPSA) is 43.8 Å². The lowest BCUT2D eigenvalue weighted by molar-refractivity contribution is 0.619. The molecule has 0 saturated carbocycles. The summed E-state index contributed by atoms with van der Waals surface area (Å²) in [5, 5.41) is 0. The number of hydrogen-bond acceptors (Lipinski definition) is 2. The van der Waals surface area contributed by atoms with Crippen molar-refractivity contribution >= 4 is 5.82 Å². The number of rotatable bonds is 3. The lowest BCUT2D eigenvalue weighted by Crippen LogP contribution is -2.03. The van der Waals surface area contributed by atoms with Gasteiger partial charge in [-0.2, -0.15) is 0 Å². The molecule has 2 rings (SSSR count). The van der Waals surface area contributed by atoms with Gasteiger partial charge in [0.25, 0.3) is 0 Å². The van der Waals surface area contributed by atoms with Gasteiger partial charge in [-0.1, -0.05) is 18.2 Å². The second-order valence-corrected chi connectivity index (χ2v) is 4.26. The van der Waals surface area contributed by atoms with E-state index in [1.165, 1.54) is 6.07 Å². The molecule has 0 amide bonds. The lowest BCUT2D eigenvalue weighted by Gasteiger charge is -2.04. The highest BCUT2D eigenvalue weighted by molar-refractivity contribution is 5.71. The van der Waals surface area contributed by atoms with Gasteiger partial charge in [-0.3, -0.25) is 0 Å². The van der Waals surface area contributed by atoms with E-state index in [1.807, 2.05) is 17.6 Å². The van der Waals surface area contributed by atoms with Crippen LogP contribution in [0, 0.1) is 19.7 Å². The Kier molecular flexibility index (Phi) is 3.19. The summed E-state index contributed by atoms with van der Waals surface area (Å²) in [4.78, 5) is 4.39. The SMILES string of the molecule is C=CCn1c(C)nc(-c2ccc(C)c(F)c2)c1N. The first kappa shape index (κ1) is 12.4. The van der Waals surface area contributed by atoms with Crippen LogP contribution >= 0.6 is 0 Å². The van der Waals surface area contributed by atoms with Crippen LogP contribution in [0.1, 0.15) is 11.4 Å². The first-order valence-electron chi connectivity index (χ1n) is 5.74. The zero-order valence-electron chi connectivity index (χ0n) is 10.6. The number of aromatic nitrogens is 2. The van der Waals surface area contributed by atoms with Crippen LogP contribution in [0.5, 0.6) is 0 Å². The number of imidazole rings is 1. The van der Waals surface area contributed by atoms with Crippen molar-refractivity contribution in [3.05, 3.63) is 48.1 Å². The van der Waals surface area contributed by atoms with Crippen LogP contribution < -0.4 is 5.73 Å². The Morgan fingerprint density at radius 1 is 1.44 bits per heavy atom. The second-order valence-electron chi connectivity index (χ2n) is 4.26. The molecule has 0 aliphatic heterocycles. The molecule has 0 aliphatic carbocycles. The van der Waals surface area contributed by atoms with Gasteiger partial charge >= 0.3 is 0 Å². The van der Waals surface area contributed by atoms with Crippen LogP contribution in [0.3, 0.4) is 0 Å². The van der Waals surface area contributed by atoms with Gasteiger partial charge in [0.2, 0.25) is 0 Å². The fraction of sp³-hybridized carbons (Fsp3) is 0.214. The van der Waals surface area contributed by atoms with Crippen molar-refractivity contribution in [1.82, 2.24) is 9.55 Å². The number of allylic oxidation sites excluding steroid dienone is 1. The van der Waals surface area contributed by atoms with Crippen molar-refractivity contribution in [2.24, 2.45) is 0 Å². The normalized spacial score (nSPS) is 10.6. The van der Waals surface area contributed by atoms with Gasteiger partial charge in [-0.05, 0) is 25.5 Å². The molecule has 0 bridgehead atoms. The van der Waals surface area contributed by atoms with Crippen molar-refractivity contribution in [1.29, 1.82) is 0 Å². The summed E-state index contributed by atoms with van der Waals surface area (Å²) < 4.78 is 15.4. The number of benzene rings is 1. The average molecular weight is 245 g/mol. The molecule has 0 spiro atoms. The van der Waals surface area contributed by atoms with E-state index in [1.54, 1.807) is 19.1 Å². The third-order valence-electron chi connectivity index (χ3n) is 2.95. The smallest absolute Gasteiger partial charge is 0.132 e. The average Bonchev–Trinajstić information content (AvgIpc) is 2.61. The maximum Gasteiger partial charge on any atom is 0.132 e. The van der Waals surface area contributed by atoms with E-state index >= 15 is 0 Å². The molecule has 94 valence electrons. The predicted molar refractivity (Wildman–Crippen MR) is 71.7 cm³/mol. The fourth-order valence-electron chi connectivity index (χ4n) is 1.89. The second kappa shape index (κ2) is 4.64. The van der Waals surface area contributed by atoms with Gasteiger partial charge in [0.1, 0.15) is 23.2 Å². The quantitative estimate of drug-likeness (QED) is 0.844.